The molecule has 0 aliphatic heterocycles. The third-order valence-corrected chi connectivity index (χ3v) is 1.89. The van der Waals surface area contributed by atoms with Gasteiger partial charge >= 0.3 is 0 Å². The lowest BCUT2D eigenvalue weighted by Crippen LogP contribution is -2.04. The van der Waals surface area contributed by atoms with Crippen LogP contribution in [0.3, 0.4) is 0 Å². The van der Waals surface area contributed by atoms with Crippen molar-refractivity contribution >= 4 is 6.29 Å². The predicted molar refractivity (Wildman–Crippen MR) is 50.2 cm³/mol. The summed E-state index contributed by atoms with van der Waals surface area (Å²) in [6.45, 7) is 0. The van der Waals surface area contributed by atoms with E-state index in [-0.39, 0.29) is 11.3 Å². The van der Waals surface area contributed by atoms with E-state index in [1.54, 1.807) is 24.3 Å². The number of hydrogen-bond acceptors (Lipinski definition) is 3. The van der Waals surface area contributed by atoms with E-state index in [0.29, 0.717) is 11.8 Å². The van der Waals surface area contributed by atoms with Crippen molar-refractivity contribution in [1.82, 2.24) is 5.16 Å². The van der Waals surface area contributed by atoms with Crippen molar-refractivity contribution in [3.8, 4) is 11.3 Å². The summed E-state index contributed by atoms with van der Waals surface area (Å²) >= 11 is 0. The van der Waals surface area contributed by atoms with Crippen molar-refractivity contribution in [3.63, 3.8) is 0 Å². The number of carbonyl (C=O) groups is 1. The Bertz CT molecular complexity index is 496. The van der Waals surface area contributed by atoms with Gasteiger partial charge in [0.1, 0.15) is 5.56 Å². The molecule has 0 saturated carbocycles. The summed E-state index contributed by atoms with van der Waals surface area (Å²) in [5.74, 6) is 0.283. The van der Waals surface area contributed by atoms with Gasteiger partial charge in [-0.05, 0) is 0 Å². The highest BCUT2D eigenvalue weighted by Crippen LogP contribution is 2.19. The van der Waals surface area contributed by atoms with Gasteiger partial charge in [0, 0.05) is 5.56 Å². The average Bonchev–Trinajstić information content (AvgIpc) is 2.61. The average molecular weight is 189 g/mol. The lowest BCUT2D eigenvalue weighted by Gasteiger charge is -1.93. The Hall–Kier alpha value is -2.10. The second kappa shape index (κ2) is 3.33. The smallest absolute Gasteiger partial charge is 0.291 e. The highest BCUT2D eigenvalue weighted by Gasteiger charge is 2.12. The van der Waals surface area contributed by atoms with Crippen LogP contribution in [0.25, 0.3) is 11.3 Å². The molecular formula is C10H7NO3. The van der Waals surface area contributed by atoms with Crippen LogP contribution in [0.2, 0.25) is 0 Å². The molecule has 1 aromatic heterocycles. The highest BCUT2D eigenvalue weighted by molar-refractivity contribution is 5.84. The van der Waals surface area contributed by atoms with Crippen LogP contribution in [0.4, 0.5) is 0 Å². The quantitative estimate of drug-likeness (QED) is 0.727. The molecule has 14 heavy (non-hydrogen) atoms. The molecule has 1 heterocycles. The van der Waals surface area contributed by atoms with Crippen LogP contribution < -0.4 is 5.56 Å². The largest absolute Gasteiger partial charge is 0.378 e. The van der Waals surface area contributed by atoms with Gasteiger partial charge in [-0.1, -0.05) is 30.3 Å². The molecule has 0 saturated heterocycles. The van der Waals surface area contributed by atoms with Crippen molar-refractivity contribution in [2.45, 2.75) is 0 Å². The van der Waals surface area contributed by atoms with E-state index < -0.39 is 5.56 Å². The van der Waals surface area contributed by atoms with E-state index in [1.807, 2.05) is 6.07 Å². The molecule has 0 aliphatic carbocycles. The molecule has 0 atom stereocenters. The van der Waals surface area contributed by atoms with Crippen molar-refractivity contribution in [3.05, 3.63) is 46.2 Å². The first kappa shape index (κ1) is 8.50. The van der Waals surface area contributed by atoms with Gasteiger partial charge in [-0.15, -0.1) is 0 Å². The van der Waals surface area contributed by atoms with E-state index in [1.165, 1.54) is 0 Å². The number of rotatable bonds is 2. The predicted octanol–water partition coefficient (Wildman–Crippen LogP) is 1.45. The van der Waals surface area contributed by atoms with Gasteiger partial charge in [0.25, 0.3) is 5.56 Å². The van der Waals surface area contributed by atoms with Crippen molar-refractivity contribution in [2.24, 2.45) is 0 Å². The van der Waals surface area contributed by atoms with E-state index in [9.17, 15) is 9.59 Å². The third-order valence-electron chi connectivity index (χ3n) is 1.89. The fourth-order valence-electron chi connectivity index (χ4n) is 1.22. The Morgan fingerprint density at radius 3 is 2.57 bits per heavy atom. The van der Waals surface area contributed by atoms with E-state index in [2.05, 4.69) is 5.16 Å². The lowest BCUT2D eigenvalue weighted by molar-refractivity contribution is 0.112. The normalized spacial score (nSPS) is 10.0. The number of aromatic nitrogens is 1. The Morgan fingerprint density at radius 1 is 1.21 bits per heavy atom. The van der Waals surface area contributed by atoms with Crippen LogP contribution in [0, 0.1) is 0 Å². The number of aromatic amines is 1. The molecule has 0 aliphatic rings. The highest BCUT2D eigenvalue weighted by atomic mass is 16.5. The molecule has 0 bridgehead atoms. The Morgan fingerprint density at radius 2 is 1.93 bits per heavy atom. The summed E-state index contributed by atoms with van der Waals surface area (Å²) < 4.78 is 4.90. The molecule has 2 aromatic rings. The topological polar surface area (TPSA) is 63.1 Å². The molecule has 4 heteroatoms. The van der Waals surface area contributed by atoms with Gasteiger partial charge in [-0.3, -0.25) is 9.59 Å². The standard InChI is InChI=1S/C10H7NO3/c12-6-8-9(14-11-10(8)13)7-4-2-1-3-5-7/h1-6H,(H,11,13). The minimum Gasteiger partial charge on any atom is -0.378 e. The maximum absolute atomic E-state index is 11.1. The molecule has 0 unspecified atom stereocenters. The Balaban J connectivity index is 2.63. The van der Waals surface area contributed by atoms with E-state index in [4.69, 9.17) is 4.52 Å². The maximum Gasteiger partial charge on any atom is 0.291 e. The molecule has 0 amide bonds. The second-order valence-electron chi connectivity index (χ2n) is 2.76. The van der Waals surface area contributed by atoms with Crippen molar-refractivity contribution in [1.29, 1.82) is 0 Å². The number of carbonyl (C=O) groups excluding carboxylic acids is 1. The summed E-state index contributed by atoms with van der Waals surface area (Å²) in [5.41, 5.74) is 0.225. The molecule has 1 aromatic carbocycles. The summed E-state index contributed by atoms with van der Waals surface area (Å²) in [6.07, 6.45) is 0.491. The zero-order chi connectivity index (χ0) is 9.97. The lowest BCUT2D eigenvalue weighted by atomic mass is 10.1. The van der Waals surface area contributed by atoms with E-state index in [0.717, 1.165) is 0 Å². The molecule has 70 valence electrons. The zero-order valence-corrected chi connectivity index (χ0v) is 7.19. The molecule has 0 radical (unpaired) electrons. The number of nitrogens with one attached hydrogen (secondary N) is 1. The fraction of sp³-hybridized carbons (Fsp3) is 0. The van der Waals surface area contributed by atoms with Gasteiger partial charge < -0.3 is 4.52 Å². The van der Waals surface area contributed by atoms with Crippen LogP contribution in [0.5, 0.6) is 0 Å². The van der Waals surface area contributed by atoms with Crippen LogP contribution in [0.15, 0.2) is 39.6 Å². The van der Waals surface area contributed by atoms with Crippen LogP contribution >= 0.6 is 0 Å². The number of H-pyrrole nitrogens is 1. The van der Waals surface area contributed by atoms with Crippen LogP contribution in [-0.2, 0) is 0 Å². The first-order valence-electron chi connectivity index (χ1n) is 4.05. The van der Waals surface area contributed by atoms with Gasteiger partial charge in [0.2, 0.25) is 0 Å². The molecule has 1 N–H and O–H groups in total. The van der Waals surface area contributed by atoms with Gasteiger partial charge in [0.15, 0.2) is 12.0 Å². The summed E-state index contributed by atoms with van der Waals surface area (Å²) in [4.78, 5) is 21.7. The van der Waals surface area contributed by atoms with Crippen LogP contribution in [0.1, 0.15) is 10.4 Å². The molecule has 0 spiro atoms. The van der Waals surface area contributed by atoms with Crippen molar-refractivity contribution < 1.29 is 9.32 Å². The SMILES string of the molecule is O=Cc1c(-c2ccccc2)o[nH]c1=O. The minimum absolute atomic E-state index is 0.0243. The fourth-order valence-corrected chi connectivity index (χ4v) is 1.22. The first-order chi connectivity index (χ1) is 6.83. The summed E-state index contributed by atoms with van der Waals surface area (Å²) in [6, 6.07) is 8.97. The van der Waals surface area contributed by atoms with Gasteiger partial charge in [-0.2, -0.15) is 5.16 Å². The Labute approximate surface area is 79.1 Å². The number of benzene rings is 1. The van der Waals surface area contributed by atoms with Crippen molar-refractivity contribution in [2.75, 3.05) is 0 Å². The zero-order valence-electron chi connectivity index (χ0n) is 7.19. The number of hydrogen-bond donors (Lipinski definition) is 1. The first-order valence-corrected chi connectivity index (χ1v) is 4.05. The molecule has 2 rings (SSSR count). The molecular weight excluding hydrogens is 182 g/mol. The van der Waals surface area contributed by atoms with Gasteiger partial charge in [-0.25, -0.2) is 0 Å². The minimum atomic E-state index is -0.501. The number of aldehydes is 1. The van der Waals surface area contributed by atoms with Crippen LogP contribution in [-0.4, -0.2) is 11.4 Å². The second-order valence-corrected chi connectivity index (χ2v) is 2.76. The molecule has 0 fully saturated rings. The summed E-state index contributed by atoms with van der Waals surface area (Å²) in [5, 5.41) is 2.12. The molecule has 4 nitrogen and oxygen atoms in total. The third kappa shape index (κ3) is 1.26. The maximum atomic E-state index is 11.1. The Kier molecular flexibility index (Phi) is 2.02. The van der Waals surface area contributed by atoms with E-state index >= 15 is 0 Å². The summed E-state index contributed by atoms with van der Waals surface area (Å²) in [7, 11) is 0. The monoisotopic (exact) mass is 189 g/mol. The van der Waals surface area contributed by atoms with Gasteiger partial charge in [0.05, 0.1) is 0 Å².